The second kappa shape index (κ2) is 9.50. The van der Waals surface area contributed by atoms with Gasteiger partial charge in [0.2, 0.25) is 0 Å². The van der Waals surface area contributed by atoms with Crippen LogP contribution in [0.1, 0.15) is 33.5 Å². The fraction of sp³-hybridized carbons (Fsp3) is 0.364. The number of carbonyl (C=O) groups excluding carboxylic acids is 1. The Labute approximate surface area is 177 Å². The Morgan fingerprint density at radius 3 is 2.36 bits per heavy atom. The first-order valence-corrected chi connectivity index (χ1v) is 10.1. The average molecular weight is 418 g/mol. The minimum absolute atomic E-state index is 0. The van der Waals surface area contributed by atoms with E-state index in [1.54, 1.807) is 11.3 Å². The van der Waals surface area contributed by atoms with Gasteiger partial charge in [0.25, 0.3) is 5.91 Å². The number of hydrogen-bond donors (Lipinski definition) is 0. The van der Waals surface area contributed by atoms with Gasteiger partial charge in [0.15, 0.2) is 5.13 Å². The highest BCUT2D eigenvalue weighted by Gasteiger charge is 2.22. The van der Waals surface area contributed by atoms with Crippen molar-refractivity contribution in [3.8, 4) is 0 Å². The number of aryl methyl sites for hydroxylation is 3. The third-order valence-corrected chi connectivity index (χ3v) is 5.65. The first-order chi connectivity index (χ1) is 12.8. The molecule has 1 heterocycles. The highest BCUT2D eigenvalue weighted by Crippen LogP contribution is 2.31. The van der Waals surface area contributed by atoms with Crippen molar-refractivity contribution in [1.82, 2.24) is 9.88 Å². The fourth-order valence-electron chi connectivity index (χ4n) is 3.16. The summed E-state index contributed by atoms with van der Waals surface area (Å²) in [5.41, 5.74) is 5.08. The molecule has 0 saturated heterocycles. The molecule has 1 aromatic heterocycles. The van der Waals surface area contributed by atoms with Crippen LogP contribution in [-0.2, 0) is 0 Å². The van der Waals surface area contributed by atoms with Crippen molar-refractivity contribution in [3.05, 3.63) is 58.7 Å². The molecule has 0 saturated carbocycles. The minimum Gasteiger partial charge on any atom is -0.309 e. The monoisotopic (exact) mass is 417 g/mol. The SMILES string of the molecule is Cc1ccc(C(=O)N(CCCN(C)C)c2nc3ccc(C)cc3s2)c(C)c1.Cl. The van der Waals surface area contributed by atoms with Crippen molar-refractivity contribution in [3.63, 3.8) is 0 Å². The van der Waals surface area contributed by atoms with Crippen molar-refractivity contribution >= 4 is 45.0 Å². The topological polar surface area (TPSA) is 36.4 Å². The summed E-state index contributed by atoms with van der Waals surface area (Å²) in [4.78, 5) is 22.1. The van der Waals surface area contributed by atoms with Gasteiger partial charge in [0, 0.05) is 12.1 Å². The van der Waals surface area contributed by atoms with E-state index in [9.17, 15) is 4.79 Å². The highest BCUT2D eigenvalue weighted by molar-refractivity contribution is 7.22. The van der Waals surface area contributed by atoms with Crippen molar-refractivity contribution in [2.75, 3.05) is 32.1 Å². The van der Waals surface area contributed by atoms with Gasteiger partial charge in [0.1, 0.15) is 0 Å². The van der Waals surface area contributed by atoms with Crippen LogP contribution in [0.15, 0.2) is 36.4 Å². The van der Waals surface area contributed by atoms with Crippen LogP contribution in [0.5, 0.6) is 0 Å². The van der Waals surface area contributed by atoms with E-state index >= 15 is 0 Å². The lowest BCUT2D eigenvalue weighted by atomic mass is 10.0. The van der Waals surface area contributed by atoms with E-state index in [1.165, 1.54) is 11.1 Å². The molecule has 0 spiro atoms. The van der Waals surface area contributed by atoms with Gasteiger partial charge in [-0.3, -0.25) is 9.69 Å². The molecule has 0 atom stereocenters. The molecular formula is C22H28ClN3OS. The van der Waals surface area contributed by atoms with E-state index in [1.807, 2.05) is 36.9 Å². The number of benzene rings is 2. The van der Waals surface area contributed by atoms with Gasteiger partial charge in [-0.05, 0) is 77.2 Å². The van der Waals surface area contributed by atoms with E-state index in [0.717, 1.165) is 39.4 Å². The molecule has 2 aromatic carbocycles. The van der Waals surface area contributed by atoms with Gasteiger partial charge < -0.3 is 4.90 Å². The van der Waals surface area contributed by atoms with Crippen LogP contribution < -0.4 is 4.90 Å². The molecular weight excluding hydrogens is 390 g/mol. The van der Waals surface area contributed by atoms with Crippen LogP contribution in [0, 0.1) is 20.8 Å². The number of aromatic nitrogens is 1. The number of amides is 1. The molecule has 3 aromatic rings. The molecule has 0 fully saturated rings. The molecule has 0 aliphatic rings. The van der Waals surface area contributed by atoms with Gasteiger partial charge in [-0.1, -0.05) is 35.1 Å². The van der Waals surface area contributed by atoms with Gasteiger partial charge in [0.05, 0.1) is 10.2 Å². The Bertz CT molecular complexity index is 968. The van der Waals surface area contributed by atoms with Crippen LogP contribution in [0.25, 0.3) is 10.2 Å². The van der Waals surface area contributed by atoms with Crippen molar-refractivity contribution in [1.29, 1.82) is 0 Å². The quantitative estimate of drug-likeness (QED) is 0.550. The summed E-state index contributed by atoms with van der Waals surface area (Å²) >= 11 is 1.59. The maximum absolute atomic E-state index is 13.4. The highest BCUT2D eigenvalue weighted by atomic mass is 35.5. The zero-order valence-corrected chi connectivity index (χ0v) is 18.8. The normalized spacial score (nSPS) is 10.9. The van der Waals surface area contributed by atoms with E-state index < -0.39 is 0 Å². The van der Waals surface area contributed by atoms with Crippen molar-refractivity contribution in [2.24, 2.45) is 0 Å². The predicted octanol–water partition coefficient (Wildman–Crippen LogP) is 5.24. The largest absolute Gasteiger partial charge is 0.309 e. The molecule has 0 bridgehead atoms. The number of anilines is 1. The number of halogens is 1. The van der Waals surface area contributed by atoms with E-state index in [-0.39, 0.29) is 18.3 Å². The number of carbonyl (C=O) groups is 1. The summed E-state index contributed by atoms with van der Waals surface area (Å²) in [5, 5.41) is 0.777. The maximum atomic E-state index is 13.4. The first kappa shape index (κ1) is 22.3. The summed E-state index contributed by atoms with van der Waals surface area (Å²) in [5.74, 6) is 0.0297. The number of hydrogen-bond acceptors (Lipinski definition) is 4. The molecule has 0 unspecified atom stereocenters. The fourth-order valence-corrected chi connectivity index (χ4v) is 4.25. The lowest BCUT2D eigenvalue weighted by Gasteiger charge is -2.22. The Kier molecular flexibility index (Phi) is 7.58. The van der Waals surface area contributed by atoms with Crippen LogP contribution in [-0.4, -0.2) is 43.0 Å². The summed E-state index contributed by atoms with van der Waals surface area (Å²) in [6.45, 7) is 7.71. The predicted molar refractivity (Wildman–Crippen MR) is 122 cm³/mol. The van der Waals surface area contributed by atoms with Crippen LogP contribution >= 0.6 is 23.7 Å². The molecule has 150 valence electrons. The third-order valence-electron chi connectivity index (χ3n) is 4.61. The second-order valence-corrected chi connectivity index (χ2v) is 8.41. The Balaban J connectivity index is 0.00000280. The average Bonchev–Trinajstić information content (AvgIpc) is 3.00. The molecule has 6 heteroatoms. The Morgan fingerprint density at radius 1 is 1.00 bits per heavy atom. The summed E-state index contributed by atoms with van der Waals surface area (Å²) in [6.07, 6.45) is 0.901. The zero-order valence-electron chi connectivity index (χ0n) is 17.2. The summed E-state index contributed by atoms with van der Waals surface area (Å²) in [6, 6.07) is 12.2. The first-order valence-electron chi connectivity index (χ1n) is 9.26. The number of fused-ring (bicyclic) bond motifs is 1. The van der Waals surface area contributed by atoms with E-state index in [2.05, 4.69) is 44.1 Å². The molecule has 28 heavy (non-hydrogen) atoms. The molecule has 0 aliphatic heterocycles. The van der Waals surface area contributed by atoms with Crippen molar-refractivity contribution < 1.29 is 4.79 Å². The second-order valence-electron chi connectivity index (χ2n) is 7.40. The molecule has 0 N–H and O–H groups in total. The third kappa shape index (κ3) is 5.10. The van der Waals surface area contributed by atoms with Gasteiger partial charge >= 0.3 is 0 Å². The number of thiazole rings is 1. The van der Waals surface area contributed by atoms with E-state index in [0.29, 0.717) is 6.54 Å². The van der Waals surface area contributed by atoms with E-state index in [4.69, 9.17) is 4.98 Å². The lowest BCUT2D eigenvalue weighted by Crippen LogP contribution is -2.33. The number of nitrogens with zero attached hydrogens (tertiary/aromatic N) is 3. The number of rotatable bonds is 6. The van der Waals surface area contributed by atoms with Gasteiger partial charge in [-0.15, -0.1) is 12.4 Å². The molecule has 3 rings (SSSR count). The maximum Gasteiger partial charge on any atom is 0.260 e. The summed E-state index contributed by atoms with van der Waals surface area (Å²) in [7, 11) is 4.10. The van der Waals surface area contributed by atoms with Gasteiger partial charge in [-0.2, -0.15) is 0 Å². The lowest BCUT2D eigenvalue weighted by molar-refractivity contribution is 0.0985. The van der Waals surface area contributed by atoms with Crippen LogP contribution in [0.3, 0.4) is 0 Å². The molecule has 4 nitrogen and oxygen atoms in total. The molecule has 1 amide bonds. The summed E-state index contributed by atoms with van der Waals surface area (Å²) < 4.78 is 1.12. The van der Waals surface area contributed by atoms with Gasteiger partial charge in [-0.25, -0.2) is 4.98 Å². The van der Waals surface area contributed by atoms with Crippen LogP contribution in [0.2, 0.25) is 0 Å². The zero-order chi connectivity index (χ0) is 19.6. The molecule has 0 aliphatic carbocycles. The Morgan fingerprint density at radius 2 is 1.68 bits per heavy atom. The molecule has 0 radical (unpaired) electrons. The van der Waals surface area contributed by atoms with Crippen LogP contribution in [0.4, 0.5) is 5.13 Å². The smallest absolute Gasteiger partial charge is 0.260 e. The Hall–Kier alpha value is -1.95. The van der Waals surface area contributed by atoms with Crippen molar-refractivity contribution in [2.45, 2.75) is 27.2 Å². The standard InChI is InChI=1S/C22H27N3OS.ClH/c1-15-7-9-18(17(3)13-15)21(26)25(12-6-11-24(4)5)22-23-19-10-8-16(2)14-20(19)27-22;/h7-10,13-14H,6,11-12H2,1-5H3;1H. The minimum atomic E-state index is 0.